The SMILES string of the molecule is Fc1cccc(CC=S)c1F. The second-order valence-corrected chi connectivity index (χ2v) is 2.42. The molecule has 1 rings (SSSR count). The van der Waals surface area contributed by atoms with Gasteiger partial charge in [-0.3, -0.25) is 0 Å². The highest BCUT2D eigenvalue weighted by molar-refractivity contribution is 7.78. The van der Waals surface area contributed by atoms with E-state index in [1.165, 1.54) is 17.5 Å². The van der Waals surface area contributed by atoms with Gasteiger partial charge in [0.25, 0.3) is 0 Å². The Morgan fingerprint density at radius 1 is 1.36 bits per heavy atom. The highest BCUT2D eigenvalue weighted by Gasteiger charge is 2.04. The molecule has 0 spiro atoms. The van der Waals surface area contributed by atoms with E-state index in [-0.39, 0.29) is 0 Å². The Kier molecular flexibility index (Phi) is 2.65. The highest BCUT2D eigenvalue weighted by Crippen LogP contribution is 2.10. The molecule has 0 bridgehead atoms. The monoisotopic (exact) mass is 172 g/mol. The summed E-state index contributed by atoms with van der Waals surface area (Å²) >= 11 is 4.52. The van der Waals surface area contributed by atoms with Gasteiger partial charge in [-0.25, -0.2) is 8.78 Å². The van der Waals surface area contributed by atoms with Crippen molar-refractivity contribution in [3.05, 3.63) is 35.4 Å². The fourth-order valence-corrected chi connectivity index (χ4v) is 0.975. The summed E-state index contributed by atoms with van der Waals surface area (Å²) < 4.78 is 25.2. The van der Waals surface area contributed by atoms with Crippen molar-refractivity contribution in [2.45, 2.75) is 6.42 Å². The van der Waals surface area contributed by atoms with Crippen molar-refractivity contribution in [2.24, 2.45) is 0 Å². The Morgan fingerprint density at radius 2 is 2.09 bits per heavy atom. The smallest absolute Gasteiger partial charge is 0.162 e. The number of benzene rings is 1. The molecule has 0 fully saturated rings. The summed E-state index contributed by atoms with van der Waals surface area (Å²) in [6, 6.07) is 4.07. The maximum atomic E-state index is 12.7. The predicted molar refractivity (Wildman–Crippen MR) is 43.7 cm³/mol. The van der Waals surface area contributed by atoms with E-state index in [4.69, 9.17) is 0 Å². The van der Waals surface area contributed by atoms with Crippen molar-refractivity contribution in [1.82, 2.24) is 0 Å². The van der Waals surface area contributed by atoms with Crippen LogP contribution >= 0.6 is 12.2 Å². The summed E-state index contributed by atoms with van der Waals surface area (Å²) in [5.41, 5.74) is 0.306. The second kappa shape index (κ2) is 3.53. The largest absolute Gasteiger partial charge is 0.204 e. The molecule has 3 heteroatoms. The van der Waals surface area contributed by atoms with Crippen LogP contribution in [-0.2, 0) is 6.42 Å². The average molecular weight is 172 g/mol. The van der Waals surface area contributed by atoms with Gasteiger partial charge in [-0.1, -0.05) is 24.4 Å². The maximum absolute atomic E-state index is 12.7. The summed E-state index contributed by atoms with van der Waals surface area (Å²) in [4.78, 5) is 0. The molecule has 58 valence electrons. The van der Waals surface area contributed by atoms with Crippen LogP contribution in [0.5, 0.6) is 0 Å². The molecule has 0 unspecified atom stereocenters. The van der Waals surface area contributed by atoms with E-state index >= 15 is 0 Å². The normalized spacial score (nSPS) is 9.64. The fraction of sp³-hybridized carbons (Fsp3) is 0.125. The van der Waals surface area contributed by atoms with Crippen LogP contribution in [0.1, 0.15) is 5.56 Å². The van der Waals surface area contributed by atoms with Crippen molar-refractivity contribution >= 4 is 17.6 Å². The number of hydrogen-bond donors (Lipinski definition) is 0. The third kappa shape index (κ3) is 1.80. The Labute approximate surface area is 68.9 Å². The minimum absolute atomic E-state index is 0.291. The minimum atomic E-state index is -0.820. The minimum Gasteiger partial charge on any atom is -0.204 e. The third-order valence-corrected chi connectivity index (χ3v) is 1.50. The zero-order chi connectivity index (χ0) is 8.27. The average Bonchev–Trinajstić information content (AvgIpc) is 1.99. The summed E-state index contributed by atoms with van der Waals surface area (Å²) in [6.45, 7) is 0. The molecular weight excluding hydrogens is 166 g/mol. The zero-order valence-electron chi connectivity index (χ0n) is 5.68. The van der Waals surface area contributed by atoms with Gasteiger partial charge < -0.3 is 0 Å². The first-order valence-corrected chi connectivity index (χ1v) is 3.59. The maximum Gasteiger partial charge on any atom is 0.162 e. The van der Waals surface area contributed by atoms with Gasteiger partial charge in [0, 0.05) is 6.42 Å². The molecule has 0 aromatic heterocycles. The molecule has 0 atom stereocenters. The topological polar surface area (TPSA) is 0 Å². The van der Waals surface area contributed by atoms with Crippen LogP contribution in [0.4, 0.5) is 8.78 Å². The highest BCUT2D eigenvalue weighted by atomic mass is 32.1. The molecule has 11 heavy (non-hydrogen) atoms. The van der Waals surface area contributed by atoms with Crippen molar-refractivity contribution in [3.63, 3.8) is 0 Å². The molecule has 0 radical (unpaired) electrons. The molecule has 1 aromatic carbocycles. The number of thiocarbonyl (C=S) groups is 1. The number of halogens is 2. The van der Waals surface area contributed by atoms with Crippen LogP contribution in [0.15, 0.2) is 18.2 Å². The summed E-state index contributed by atoms with van der Waals surface area (Å²) in [5.74, 6) is -1.62. The first kappa shape index (κ1) is 8.27. The van der Waals surface area contributed by atoms with E-state index in [2.05, 4.69) is 12.2 Å². The van der Waals surface area contributed by atoms with Gasteiger partial charge in [0.1, 0.15) is 0 Å². The lowest BCUT2D eigenvalue weighted by Crippen LogP contribution is -1.93. The lowest BCUT2D eigenvalue weighted by atomic mass is 10.1. The van der Waals surface area contributed by atoms with Crippen molar-refractivity contribution < 1.29 is 8.78 Å². The van der Waals surface area contributed by atoms with Gasteiger partial charge in [-0.2, -0.15) is 0 Å². The zero-order valence-corrected chi connectivity index (χ0v) is 6.50. The van der Waals surface area contributed by atoms with Crippen LogP contribution in [0.25, 0.3) is 0 Å². The van der Waals surface area contributed by atoms with E-state index in [1.807, 2.05) is 0 Å². The lowest BCUT2D eigenvalue weighted by Gasteiger charge is -1.97. The lowest BCUT2D eigenvalue weighted by molar-refractivity contribution is 0.502. The van der Waals surface area contributed by atoms with Crippen molar-refractivity contribution in [2.75, 3.05) is 0 Å². The Hall–Kier alpha value is -0.830. The fourth-order valence-electron chi connectivity index (χ4n) is 0.796. The standard InChI is InChI=1S/C8H6F2S/c9-7-3-1-2-6(4-5-11)8(7)10/h1-3,5H,4H2. The third-order valence-electron chi connectivity index (χ3n) is 1.33. The summed E-state index contributed by atoms with van der Waals surface area (Å²) in [5, 5.41) is 1.37. The van der Waals surface area contributed by atoms with Gasteiger partial charge in [0.05, 0.1) is 0 Å². The molecule has 0 saturated carbocycles. The molecule has 0 nitrogen and oxygen atoms in total. The molecule has 0 heterocycles. The number of hydrogen-bond acceptors (Lipinski definition) is 1. The van der Waals surface area contributed by atoms with Crippen LogP contribution in [0.2, 0.25) is 0 Å². The van der Waals surface area contributed by atoms with Gasteiger partial charge in [0.15, 0.2) is 11.6 Å². The van der Waals surface area contributed by atoms with Gasteiger partial charge in [0.2, 0.25) is 0 Å². The first-order valence-electron chi connectivity index (χ1n) is 3.12. The molecule has 0 aliphatic carbocycles. The summed E-state index contributed by atoms with van der Waals surface area (Å²) in [7, 11) is 0. The molecule has 0 aliphatic rings. The van der Waals surface area contributed by atoms with E-state index in [1.54, 1.807) is 0 Å². The molecule has 1 aromatic rings. The Bertz CT molecular complexity index is 271. The van der Waals surface area contributed by atoms with E-state index in [9.17, 15) is 8.78 Å². The summed E-state index contributed by atoms with van der Waals surface area (Å²) in [6.07, 6.45) is 0.291. The Balaban J connectivity index is 3.05. The van der Waals surface area contributed by atoms with E-state index in [0.717, 1.165) is 6.07 Å². The van der Waals surface area contributed by atoms with E-state index in [0.29, 0.717) is 12.0 Å². The van der Waals surface area contributed by atoms with Gasteiger partial charge >= 0.3 is 0 Å². The molecule has 0 amide bonds. The van der Waals surface area contributed by atoms with Crippen molar-refractivity contribution in [3.8, 4) is 0 Å². The molecular formula is C8H6F2S. The van der Waals surface area contributed by atoms with Gasteiger partial charge in [-0.15, -0.1) is 0 Å². The van der Waals surface area contributed by atoms with Crippen LogP contribution in [0.3, 0.4) is 0 Å². The first-order chi connectivity index (χ1) is 5.25. The van der Waals surface area contributed by atoms with Crippen molar-refractivity contribution in [1.29, 1.82) is 0 Å². The van der Waals surface area contributed by atoms with Crippen LogP contribution in [-0.4, -0.2) is 5.37 Å². The van der Waals surface area contributed by atoms with E-state index < -0.39 is 11.6 Å². The number of rotatable bonds is 2. The Morgan fingerprint density at radius 3 is 2.73 bits per heavy atom. The molecule has 0 aliphatic heterocycles. The quantitative estimate of drug-likeness (QED) is 0.617. The predicted octanol–water partition coefficient (Wildman–Crippen LogP) is 2.51. The second-order valence-electron chi connectivity index (χ2n) is 2.08. The van der Waals surface area contributed by atoms with Crippen LogP contribution < -0.4 is 0 Å². The molecule has 0 saturated heterocycles. The molecule has 0 N–H and O–H groups in total. The van der Waals surface area contributed by atoms with Gasteiger partial charge in [-0.05, 0) is 17.0 Å². The van der Waals surface area contributed by atoms with Crippen LogP contribution in [0, 0.1) is 11.6 Å².